The number of ether oxygens (including phenoxy) is 1. The minimum Gasteiger partial charge on any atom is -0.382 e. The average molecular weight is 304 g/mol. The van der Waals surface area contributed by atoms with Crippen LogP contribution in [-0.4, -0.2) is 43.4 Å². The molecule has 0 spiro atoms. The van der Waals surface area contributed by atoms with Crippen molar-refractivity contribution in [1.82, 2.24) is 10.3 Å². The zero-order chi connectivity index (χ0) is 15.1. The molecule has 1 amide bonds. The Balaban J connectivity index is 2.76. The van der Waals surface area contributed by atoms with Crippen molar-refractivity contribution in [2.24, 2.45) is 0 Å². The summed E-state index contributed by atoms with van der Waals surface area (Å²) in [5.74, 6) is -0.406. The van der Waals surface area contributed by atoms with Crippen molar-refractivity contribution in [3.63, 3.8) is 0 Å². The fraction of sp³-hybridized carbons (Fsp3) is 0.538. The molecule has 20 heavy (non-hydrogen) atoms. The summed E-state index contributed by atoms with van der Waals surface area (Å²) in [7, 11) is 1.40. The number of carbonyl (C=O) groups excluding carboxylic acids is 1. The molecular formula is C13H19ClFN3O2. The Bertz CT molecular complexity index is 457. The number of aromatic nitrogens is 1. The predicted molar refractivity (Wildman–Crippen MR) is 77.1 cm³/mol. The molecule has 1 aromatic rings. The number of hydrogen-bond acceptors (Lipinski definition) is 4. The fourth-order valence-corrected chi connectivity index (χ4v) is 1.74. The summed E-state index contributed by atoms with van der Waals surface area (Å²) in [6.07, 6.45) is 0.122. The number of alkyl halides is 1. The molecule has 5 nitrogen and oxygen atoms in total. The second-order valence-corrected chi connectivity index (χ2v) is 5.00. The van der Waals surface area contributed by atoms with Crippen molar-refractivity contribution in [3.8, 4) is 0 Å². The minimum absolute atomic E-state index is 0.0593. The Hall–Kier alpha value is -1.40. The number of amides is 1. The van der Waals surface area contributed by atoms with Gasteiger partial charge in [-0.15, -0.1) is 0 Å². The molecule has 1 unspecified atom stereocenters. The van der Waals surface area contributed by atoms with Gasteiger partial charge in [0.2, 0.25) is 0 Å². The minimum atomic E-state index is -1.24. The fourth-order valence-electron chi connectivity index (χ4n) is 1.58. The first-order valence-electron chi connectivity index (χ1n) is 6.27. The highest BCUT2D eigenvalue weighted by molar-refractivity contribution is 6.29. The van der Waals surface area contributed by atoms with E-state index in [9.17, 15) is 9.18 Å². The number of halogens is 2. The summed E-state index contributed by atoms with van der Waals surface area (Å²) in [4.78, 5) is 15.9. The topological polar surface area (TPSA) is 63.2 Å². The molecule has 0 aliphatic rings. The summed E-state index contributed by atoms with van der Waals surface area (Å²) < 4.78 is 17.9. The van der Waals surface area contributed by atoms with E-state index in [-0.39, 0.29) is 24.3 Å². The third-order valence-electron chi connectivity index (χ3n) is 2.39. The molecule has 0 fully saturated rings. The van der Waals surface area contributed by atoms with Gasteiger partial charge in [0.15, 0.2) is 0 Å². The SMILES string of the molecule is COCC(F)CNC(=O)c1cnc(Cl)cc1NC(C)C. The van der Waals surface area contributed by atoms with Gasteiger partial charge in [-0.1, -0.05) is 11.6 Å². The van der Waals surface area contributed by atoms with Crippen LogP contribution in [0.3, 0.4) is 0 Å². The summed E-state index contributed by atoms with van der Waals surface area (Å²) in [6, 6.07) is 1.70. The van der Waals surface area contributed by atoms with Crippen LogP contribution in [0.4, 0.5) is 10.1 Å². The lowest BCUT2D eigenvalue weighted by molar-refractivity contribution is 0.0902. The molecular weight excluding hydrogens is 285 g/mol. The van der Waals surface area contributed by atoms with Crippen molar-refractivity contribution in [2.75, 3.05) is 25.6 Å². The molecule has 0 aliphatic carbocycles. The summed E-state index contributed by atoms with van der Waals surface area (Å²) in [6.45, 7) is 3.70. The molecule has 0 saturated carbocycles. The number of carbonyl (C=O) groups is 1. The van der Waals surface area contributed by atoms with Gasteiger partial charge in [-0.3, -0.25) is 4.79 Å². The van der Waals surface area contributed by atoms with E-state index in [0.717, 1.165) is 0 Å². The van der Waals surface area contributed by atoms with E-state index in [1.807, 2.05) is 13.8 Å². The van der Waals surface area contributed by atoms with E-state index in [1.165, 1.54) is 13.3 Å². The predicted octanol–water partition coefficient (Wildman–Crippen LogP) is 2.27. The van der Waals surface area contributed by atoms with E-state index >= 15 is 0 Å². The molecule has 0 radical (unpaired) electrons. The van der Waals surface area contributed by atoms with Crippen molar-refractivity contribution < 1.29 is 13.9 Å². The Labute approximate surface area is 122 Å². The van der Waals surface area contributed by atoms with Gasteiger partial charge in [0, 0.05) is 19.3 Å². The normalized spacial score (nSPS) is 12.3. The summed E-state index contributed by atoms with van der Waals surface area (Å²) in [5.41, 5.74) is 0.896. The van der Waals surface area contributed by atoms with Gasteiger partial charge in [0.05, 0.1) is 24.4 Å². The number of nitrogens with zero attached hydrogens (tertiary/aromatic N) is 1. The van der Waals surface area contributed by atoms with E-state index < -0.39 is 12.1 Å². The van der Waals surface area contributed by atoms with E-state index in [4.69, 9.17) is 11.6 Å². The van der Waals surface area contributed by atoms with Gasteiger partial charge < -0.3 is 15.4 Å². The van der Waals surface area contributed by atoms with Crippen molar-refractivity contribution in [1.29, 1.82) is 0 Å². The first-order valence-corrected chi connectivity index (χ1v) is 6.65. The standard InChI is InChI=1S/C13H19ClFN3O2/c1-8(2)18-11-4-12(14)16-6-10(11)13(19)17-5-9(15)7-20-3/h4,6,8-9H,5,7H2,1-3H3,(H,16,18)(H,17,19). The van der Waals surface area contributed by atoms with E-state index in [2.05, 4.69) is 20.4 Å². The van der Waals surface area contributed by atoms with Crippen LogP contribution >= 0.6 is 11.6 Å². The lowest BCUT2D eigenvalue weighted by Crippen LogP contribution is -2.32. The van der Waals surface area contributed by atoms with Crippen LogP contribution in [0.1, 0.15) is 24.2 Å². The lowest BCUT2D eigenvalue weighted by Gasteiger charge is -2.15. The number of hydrogen-bond donors (Lipinski definition) is 2. The van der Waals surface area contributed by atoms with Crippen LogP contribution < -0.4 is 10.6 Å². The van der Waals surface area contributed by atoms with Crippen LogP contribution in [0.25, 0.3) is 0 Å². The third kappa shape index (κ3) is 5.30. The largest absolute Gasteiger partial charge is 0.382 e. The van der Waals surface area contributed by atoms with Gasteiger partial charge >= 0.3 is 0 Å². The van der Waals surface area contributed by atoms with Gasteiger partial charge in [0.1, 0.15) is 11.3 Å². The zero-order valence-corrected chi connectivity index (χ0v) is 12.5. The highest BCUT2D eigenvalue weighted by Crippen LogP contribution is 2.19. The number of pyridine rings is 1. The summed E-state index contributed by atoms with van der Waals surface area (Å²) >= 11 is 5.81. The second kappa shape index (κ2) is 8.01. The molecule has 112 valence electrons. The number of methoxy groups -OCH3 is 1. The van der Waals surface area contributed by atoms with Gasteiger partial charge in [0.25, 0.3) is 5.91 Å². The monoisotopic (exact) mass is 303 g/mol. The molecule has 1 aromatic heterocycles. The van der Waals surface area contributed by atoms with Crippen LogP contribution in [0.15, 0.2) is 12.3 Å². The molecule has 7 heteroatoms. The van der Waals surface area contributed by atoms with Crippen molar-refractivity contribution >= 4 is 23.2 Å². The van der Waals surface area contributed by atoms with E-state index in [0.29, 0.717) is 11.3 Å². The number of anilines is 1. The zero-order valence-electron chi connectivity index (χ0n) is 11.7. The van der Waals surface area contributed by atoms with Crippen LogP contribution in [0, 0.1) is 0 Å². The smallest absolute Gasteiger partial charge is 0.255 e. The number of rotatable bonds is 7. The lowest BCUT2D eigenvalue weighted by atomic mass is 10.2. The Morgan fingerprint density at radius 1 is 1.55 bits per heavy atom. The highest BCUT2D eigenvalue weighted by Gasteiger charge is 2.15. The Morgan fingerprint density at radius 3 is 2.85 bits per heavy atom. The van der Waals surface area contributed by atoms with Crippen LogP contribution in [-0.2, 0) is 4.74 Å². The Morgan fingerprint density at radius 2 is 2.25 bits per heavy atom. The maximum absolute atomic E-state index is 13.3. The molecule has 0 aromatic carbocycles. The molecule has 2 N–H and O–H groups in total. The molecule has 0 saturated heterocycles. The van der Waals surface area contributed by atoms with Gasteiger partial charge in [-0.05, 0) is 19.9 Å². The first-order chi connectivity index (χ1) is 9.43. The maximum Gasteiger partial charge on any atom is 0.255 e. The quantitative estimate of drug-likeness (QED) is 0.759. The van der Waals surface area contributed by atoms with Gasteiger partial charge in [-0.2, -0.15) is 0 Å². The Kier molecular flexibility index (Phi) is 6.67. The van der Waals surface area contributed by atoms with Crippen molar-refractivity contribution in [2.45, 2.75) is 26.1 Å². The molecule has 0 bridgehead atoms. The average Bonchev–Trinajstić information content (AvgIpc) is 2.36. The first kappa shape index (κ1) is 16.7. The van der Waals surface area contributed by atoms with E-state index in [1.54, 1.807) is 6.07 Å². The third-order valence-corrected chi connectivity index (χ3v) is 2.60. The van der Waals surface area contributed by atoms with Gasteiger partial charge in [-0.25, -0.2) is 9.37 Å². The molecule has 1 rings (SSSR count). The molecule has 0 aliphatic heterocycles. The van der Waals surface area contributed by atoms with Crippen LogP contribution in [0.5, 0.6) is 0 Å². The van der Waals surface area contributed by atoms with Crippen molar-refractivity contribution in [3.05, 3.63) is 23.0 Å². The second-order valence-electron chi connectivity index (χ2n) is 4.61. The molecule has 1 heterocycles. The molecule has 1 atom stereocenters. The maximum atomic E-state index is 13.3. The highest BCUT2D eigenvalue weighted by atomic mass is 35.5. The summed E-state index contributed by atoms with van der Waals surface area (Å²) in [5, 5.41) is 5.89. The van der Waals surface area contributed by atoms with Crippen LogP contribution in [0.2, 0.25) is 5.15 Å². The number of nitrogens with one attached hydrogen (secondary N) is 2.